The van der Waals surface area contributed by atoms with Crippen molar-refractivity contribution in [3.63, 3.8) is 0 Å². The molecule has 7 nitrogen and oxygen atoms in total. The molecule has 0 spiro atoms. The lowest BCUT2D eigenvalue weighted by molar-refractivity contribution is -0.384. The third kappa shape index (κ3) is 4.92. The van der Waals surface area contributed by atoms with E-state index in [0.717, 1.165) is 5.56 Å². The molecular formula is C16H14N2O5. The Morgan fingerprint density at radius 2 is 1.70 bits per heavy atom. The summed E-state index contributed by atoms with van der Waals surface area (Å²) >= 11 is 0. The van der Waals surface area contributed by atoms with Gasteiger partial charge in [0.2, 0.25) is 6.41 Å². The van der Waals surface area contributed by atoms with Gasteiger partial charge in [-0.2, -0.15) is 0 Å². The van der Waals surface area contributed by atoms with Gasteiger partial charge >= 0.3 is 5.97 Å². The molecule has 1 amide bonds. The lowest BCUT2D eigenvalue weighted by Gasteiger charge is -2.06. The highest BCUT2D eigenvalue weighted by Crippen LogP contribution is 2.13. The minimum Gasteiger partial charge on any atom is -0.461 e. The van der Waals surface area contributed by atoms with Crippen molar-refractivity contribution >= 4 is 23.8 Å². The first-order chi connectivity index (χ1) is 11.1. The molecule has 0 fully saturated rings. The van der Waals surface area contributed by atoms with Crippen molar-refractivity contribution in [2.75, 3.05) is 5.32 Å². The fourth-order valence-electron chi connectivity index (χ4n) is 1.88. The summed E-state index contributed by atoms with van der Waals surface area (Å²) in [7, 11) is 0. The van der Waals surface area contributed by atoms with E-state index in [2.05, 4.69) is 5.32 Å². The van der Waals surface area contributed by atoms with E-state index in [1.54, 1.807) is 36.4 Å². The highest BCUT2D eigenvalue weighted by molar-refractivity contribution is 5.74. The number of carbonyl (C=O) groups is 2. The van der Waals surface area contributed by atoms with Crippen LogP contribution in [0.4, 0.5) is 11.4 Å². The van der Waals surface area contributed by atoms with Crippen LogP contribution in [-0.2, 0) is 27.4 Å². The highest BCUT2D eigenvalue weighted by atomic mass is 16.6. The summed E-state index contributed by atoms with van der Waals surface area (Å²) in [6.07, 6.45) is 0.682. The Hall–Kier alpha value is -3.22. The van der Waals surface area contributed by atoms with Gasteiger partial charge in [0.05, 0.1) is 11.3 Å². The van der Waals surface area contributed by atoms with Crippen LogP contribution in [-0.4, -0.2) is 17.3 Å². The first-order valence-corrected chi connectivity index (χ1v) is 6.76. The summed E-state index contributed by atoms with van der Waals surface area (Å²) in [6.45, 7) is 0.0572. The molecule has 1 N–H and O–H groups in total. The average Bonchev–Trinajstić information content (AvgIpc) is 2.55. The molecule has 23 heavy (non-hydrogen) atoms. The minimum absolute atomic E-state index is 0.0101. The van der Waals surface area contributed by atoms with E-state index in [1.165, 1.54) is 12.1 Å². The van der Waals surface area contributed by atoms with E-state index in [-0.39, 0.29) is 18.7 Å². The Bertz CT molecular complexity index is 695. The Balaban J connectivity index is 1.84. The van der Waals surface area contributed by atoms with Crippen LogP contribution in [0.3, 0.4) is 0 Å². The first-order valence-electron chi connectivity index (χ1n) is 6.76. The maximum atomic E-state index is 11.8. The second-order valence-electron chi connectivity index (χ2n) is 4.72. The van der Waals surface area contributed by atoms with Crippen LogP contribution in [0.25, 0.3) is 0 Å². The molecular weight excluding hydrogens is 300 g/mol. The van der Waals surface area contributed by atoms with Crippen LogP contribution >= 0.6 is 0 Å². The number of amides is 1. The van der Waals surface area contributed by atoms with Gasteiger partial charge in [0.25, 0.3) is 5.69 Å². The van der Waals surface area contributed by atoms with Crippen LogP contribution in [0.5, 0.6) is 0 Å². The number of rotatable bonds is 7. The minimum atomic E-state index is -0.487. The molecule has 0 aliphatic carbocycles. The molecule has 0 aromatic heterocycles. The third-order valence-electron chi connectivity index (χ3n) is 3.07. The Labute approximate surface area is 132 Å². The molecule has 0 saturated carbocycles. The number of nitro benzene ring substituents is 1. The second kappa shape index (κ2) is 7.69. The summed E-state index contributed by atoms with van der Waals surface area (Å²) < 4.78 is 5.13. The number of esters is 1. The summed E-state index contributed by atoms with van der Waals surface area (Å²) in [5.41, 5.74) is 2.07. The van der Waals surface area contributed by atoms with Crippen LogP contribution in [0, 0.1) is 10.1 Å². The molecule has 0 aliphatic rings. The van der Waals surface area contributed by atoms with Crippen LogP contribution in [0.15, 0.2) is 48.5 Å². The molecule has 2 rings (SSSR count). The van der Waals surface area contributed by atoms with E-state index in [1.807, 2.05) is 0 Å². The maximum Gasteiger partial charge on any atom is 0.310 e. The Morgan fingerprint density at radius 3 is 2.26 bits per heavy atom. The summed E-state index contributed by atoms with van der Waals surface area (Å²) in [5, 5.41) is 13.0. The van der Waals surface area contributed by atoms with E-state index in [9.17, 15) is 19.7 Å². The van der Waals surface area contributed by atoms with Crippen molar-refractivity contribution in [2.45, 2.75) is 13.0 Å². The van der Waals surface area contributed by atoms with E-state index >= 15 is 0 Å². The number of benzene rings is 2. The maximum absolute atomic E-state index is 11.8. The fourth-order valence-corrected chi connectivity index (χ4v) is 1.88. The zero-order chi connectivity index (χ0) is 16.7. The van der Waals surface area contributed by atoms with Gasteiger partial charge < -0.3 is 10.1 Å². The van der Waals surface area contributed by atoms with Gasteiger partial charge in [0.1, 0.15) is 6.61 Å². The molecule has 0 saturated heterocycles. The zero-order valence-corrected chi connectivity index (χ0v) is 12.1. The first kappa shape index (κ1) is 16.2. The number of hydrogen-bond donors (Lipinski definition) is 1. The van der Waals surface area contributed by atoms with Gasteiger partial charge in [-0.05, 0) is 35.4 Å². The monoisotopic (exact) mass is 314 g/mol. The van der Waals surface area contributed by atoms with Gasteiger partial charge in [-0.15, -0.1) is 0 Å². The normalized spacial score (nSPS) is 9.91. The van der Waals surface area contributed by atoms with Crippen molar-refractivity contribution < 1.29 is 19.2 Å². The number of nitrogens with zero attached hydrogens (tertiary/aromatic N) is 1. The smallest absolute Gasteiger partial charge is 0.310 e. The number of nitro groups is 1. The number of non-ortho nitro benzene ring substituents is 1. The number of anilines is 1. The lowest BCUT2D eigenvalue weighted by Crippen LogP contribution is -2.08. The molecule has 0 aliphatic heterocycles. The molecule has 0 bridgehead atoms. The molecule has 118 valence electrons. The predicted octanol–water partition coefficient (Wildman–Crippen LogP) is 2.45. The van der Waals surface area contributed by atoms with Crippen LogP contribution < -0.4 is 5.32 Å². The van der Waals surface area contributed by atoms with Crippen molar-refractivity contribution in [3.05, 3.63) is 69.8 Å². The molecule has 0 atom stereocenters. The van der Waals surface area contributed by atoms with Gasteiger partial charge in [0.15, 0.2) is 0 Å². The van der Waals surface area contributed by atoms with Gasteiger partial charge in [-0.25, -0.2) is 0 Å². The number of carbonyl (C=O) groups excluding carboxylic acids is 2. The van der Waals surface area contributed by atoms with Crippen molar-refractivity contribution in [1.29, 1.82) is 0 Å². The summed E-state index contributed by atoms with van der Waals surface area (Å²) in [6, 6.07) is 12.6. The number of hydrogen-bond acceptors (Lipinski definition) is 5. The van der Waals surface area contributed by atoms with Crippen molar-refractivity contribution in [2.24, 2.45) is 0 Å². The molecule has 2 aromatic carbocycles. The topological polar surface area (TPSA) is 98.5 Å². The number of ether oxygens (including phenoxy) is 1. The van der Waals surface area contributed by atoms with Gasteiger partial charge in [0, 0.05) is 17.8 Å². The molecule has 0 heterocycles. The van der Waals surface area contributed by atoms with Crippen LogP contribution in [0.2, 0.25) is 0 Å². The standard InChI is InChI=1S/C16H14N2O5/c19-11-17-14-5-1-12(2-6-14)9-16(20)23-10-13-3-7-15(8-4-13)18(21)22/h1-8,11H,9-10H2,(H,17,19). The Morgan fingerprint density at radius 1 is 1.09 bits per heavy atom. The van der Waals surface area contributed by atoms with Gasteiger partial charge in [-0.1, -0.05) is 12.1 Å². The van der Waals surface area contributed by atoms with Crippen molar-refractivity contribution in [1.82, 2.24) is 0 Å². The fraction of sp³-hybridized carbons (Fsp3) is 0.125. The zero-order valence-electron chi connectivity index (χ0n) is 12.1. The Kier molecular flexibility index (Phi) is 5.40. The molecule has 0 unspecified atom stereocenters. The largest absolute Gasteiger partial charge is 0.461 e. The molecule has 7 heteroatoms. The average molecular weight is 314 g/mol. The van der Waals surface area contributed by atoms with E-state index in [4.69, 9.17) is 4.74 Å². The highest BCUT2D eigenvalue weighted by Gasteiger charge is 2.07. The number of nitrogens with one attached hydrogen (secondary N) is 1. The molecule has 0 radical (unpaired) electrons. The SMILES string of the molecule is O=CNc1ccc(CC(=O)OCc2ccc([N+](=O)[O-])cc2)cc1. The second-order valence-corrected chi connectivity index (χ2v) is 4.72. The van der Waals surface area contributed by atoms with Crippen LogP contribution in [0.1, 0.15) is 11.1 Å². The summed E-state index contributed by atoms with van der Waals surface area (Å²) in [5.74, 6) is -0.403. The van der Waals surface area contributed by atoms with Gasteiger partial charge in [-0.3, -0.25) is 19.7 Å². The van der Waals surface area contributed by atoms with E-state index in [0.29, 0.717) is 17.7 Å². The third-order valence-corrected chi connectivity index (χ3v) is 3.07. The van der Waals surface area contributed by atoms with E-state index < -0.39 is 10.9 Å². The molecule has 2 aromatic rings. The quantitative estimate of drug-likeness (QED) is 0.366. The summed E-state index contributed by atoms with van der Waals surface area (Å²) in [4.78, 5) is 32.1. The van der Waals surface area contributed by atoms with Crippen molar-refractivity contribution in [3.8, 4) is 0 Å². The predicted molar refractivity (Wildman–Crippen MR) is 82.7 cm³/mol. The lowest BCUT2D eigenvalue weighted by atomic mass is 10.1.